The normalized spacial score (nSPS) is 17.8. The third kappa shape index (κ3) is 9.21. The van der Waals surface area contributed by atoms with Gasteiger partial charge in [0.25, 0.3) is 5.91 Å². The SMILES string of the molecule is CCCCOC(=O)N1CCN(C(=O)[C@@H](CCP(=O)(O)O)NC(=O)c2cc(N3CC[C@H](OC)C3)nc(-c3ccccc3)n2)CC1. The van der Waals surface area contributed by atoms with Crippen molar-refractivity contribution in [3.63, 3.8) is 0 Å². The lowest BCUT2D eigenvalue weighted by Gasteiger charge is -2.36. The van der Waals surface area contributed by atoms with Gasteiger partial charge in [0.1, 0.15) is 17.6 Å². The Morgan fingerprint density at radius 2 is 1.77 bits per heavy atom. The number of ether oxygens (including phenoxy) is 2. The first-order valence-electron chi connectivity index (χ1n) is 14.9. The summed E-state index contributed by atoms with van der Waals surface area (Å²) in [5.41, 5.74) is 0.717. The lowest BCUT2D eigenvalue weighted by atomic mass is 10.1. The number of unbranched alkanes of at least 4 members (excludes halogenated alkanes) is 1. The minimum Gasteiger partial charge on any atom is -0.449 e. The Hall–Kier alpha value is -3.58. The fourth-order valence-electron chi connectivity index (χ4n) is 5.07. The van der Waals surface area contributed by atoms with Gasteiger partial charge in [-0.3, -0.25) is 14.2 Å². The largest absolute Gasteiger partial charge is 0.449 e. The average molecular weight is 633 g/mol. The Morgan fingerprint density at radius 3 is 2.41 bits per heavy atom. The first-order chi connectivity index (χ1) is 21.1. The number of nitrogens with one attached hydrogen (secondary N) is 1. The molecule has 2 aromatic rings. The second-order valence-corrected chi connectivity index (χ2v) is 12.7. The Balaban J connectivity index is 1.52. The second kappa shape index (κ2) is 15.4. The number of piperazine rings is 1. The van der Waals surface area contributed by atoms with Crippen LogP contribution in [0.1, 0.15) is 43.1 Å². The molecule has 3 amide bonds. The summed E-state index contributed by atoms with van der Waals surface area (Å²) in [6, 6.07) is 9.51. The van der Waals surface area contributed by atoms with Crippen LogP contribution in [0.25, 0.3) is 11.4 Å². The van der Waals surface area contributed by atoms with Crippen molar-refractivity contribution >= 4 is 31.3 Å². The van der Waals surface area contributed by atoms with E-state index in [0.29, 0.717) is 36.9 Å². The van der Waals surface area contributed by atoms with Crippen molar-refractivity contribution in [1.29, 1.82) is 0 Å². The summed E-state index contributed by atoms with van der Waals surface area (Å²) in [7, 11) is -2.82. The van der Waals surface area contributed by atoms with Crippen LogP contribution in [-0.2, 0) is 18.8 Å². The van der Waals surface area contributed by atoms with Crippen LogP contribution >= 0.6 is 7.60 Å². The maximum absolute atomic E-state index is 13.6. The van der Waals surface area contributed by atoms with Crippen molar-refractivity contribution in [2.24, 2.45) is 0 Å². The fourth-order valence-corrected chi connectivity index (χ4v) is 5.66. The Kier molecular flexibility index (Phi) is 11.7. The summed E-state index contributed by atoms with van der Waals surface area (Å²) in [5, 5.41) is 2.68. The molecule has 0 aliphatic carbocycles. The molecule has 0 radical (unpaired) electrons. The van der Waals surface area contributed by atoms with Crippen molar-refractivity contribution in [2.45, 2.75) is 44.8 Å². The molecule has 2 aliphatic rings. The molecular formula is C29H41N6O8P. The van der Waals surface area contributed by atoms with Gasteiger partial charge in [-0.05, 0) is 19.3 Å². The van der Waals surface area contributed by atoms with Gasteiger partial charge < -0.3 is 39.3 Å². The summed E-state index contributed by atoms with van der Waals surface area (Å²) in [4.78, 5) is 72.8. The van der Waals surface area contributed by atoms with E-state index in [0.717, 1.165) is 19.3 Å². The predicted octanol–water partition coefficient (Wildman–Crippen LogP) is 2.12. The molecule has 0 bridgehead atoms. The van der Waals surface area contributed by atoms with Gasteiger partial charge in [0.2, 0.25) is 5.91 Å². The highest BCUT2D eigenvalue weighted by molar-refractivity contribution is 7.51. The van der Waals surface area contributed by atoms with Crippen LogP contribution in [0.3, 0.4) is 0 Å². The van der Waals surface area contributed by atoms with Crippen LogP contribution in [0.15, 0.2) is 36.4 Å². The number of nitrogens with zero attached hydrogens (tertiary/aromatic N) is 5. The molecule has 0 saturated carbocycles. The smallest absolute Gasteiger partial charge is 0.409 e. The van der Waals surface area contributed by atoms with E-state index in [9.17, 15) is 28.7 Å². The third-order valence-corrected chi connectivity index (χ3v) is 8.51. The summed E-state index contributed by atoms with van der Waals surface area (Å²) in [6.07, 6.45) is 1.16. The zero-order chi connectivity index (χ0) is 31.7. The first-order valence-corrected chi connectivity index (χ1v) is 16.7. The molecule has 44 heavy (non-hydrogen) atoms. The van der Waals surface area contributed by atoms with Crippen molar-refractivity contribution in [2.75, 3.05) is 64.0 Å². The van der Waals surface area contributed by atoms with E-state index < -0.39 is 37.7 Å². The first kappa shape index (κ1) is 33.3. The van der Waals surface area contributed by atoms with Crippen LogP contribution in [0, 0.1) is 0 Å². The van der Waals surface area contributed by atoms with Gasteiger partial charge in [-0.1, -0.05) is 43.7 Å². The van der Waals surface area contributed by atoms with Gasteiger partial charge in [-0.25, -0.2) is 14.8 Å². The van der Waals surface area contributed by atoms with Crippen molar-refractivity contribution in [1.82, 2.24) is 25.1 Å². The average Bonchev–Trinajstić information content (AvgIpc) is 3.52. The quantitative estimate of drug-likeness (QED) is 0.231. The molecule has 14 nitrogen and oxygen atoms in total. The molecule has 15 heteroatoms. The molecule has 3 N–H and O–H groups in total. The number of aromatic nitrogens is 2. The number of carbonyl (C=O) groups excluding carboxylic acids is 3. The molecule has 2 saturated heterocycles. The minimum absolute atomic E-state index is 0.0170. The highest BCUT2D eigenvalue weighted by Crippen LogP contribution is 2.35. The topological polar surface area (TPSA) is 175 Å². The number of carbonyl (C=O) groups is 3. The second-order valence-electron chi connectivity index (χ2n) is 10.9. The Morgan fingerprint density at radius 1 is 1.07 bits per heavy atom. The maximum Gasteiger partial charge on any atom is 0.409 e. The van der Waals surface area contributed by atoms with E-state index in [2.05, 4.69) is 10.3 Å². The van der Waals surface area contributed by atoms with Gasteiger partial charge in [0.15, 0.2) is 5.82 Å². The third-order valence-electron chi connectivity index (χ3n) is 7.67. The van der Waals surface area contributed by atoms with Gasteiger partial charge in [-0.2, -0.15) is 0 Å². The maximum atomic E-state index is 13.6. The number of rotatable bonds is 12. The number of methoxy groups -OCH3 is 1. The summed E-state index contributed by atoms with van der Waals surface area (Å²) >= 11 is 0. The molecule has 0 unspecified atom stereocenters. The van der Waals surface area contributed by atoms with E-state index in [1.165, 1.54) is 9.80 Å². The van der Waals surface area contributed by atoms with Gasteiger partial charge in [0, 0.05) is 58.0 Å². The molecule has 4 rings (SSSR count). The van der Waals surface area contributed by atoms with E-state index in [-0.39, 0.29) is 44.4 Å². The van der Waals surface area contributed by atoms with E-state index >= 15 is 0 Å². The van der Waals surface area contributed by atoms with E-state index in [1.807, 2.05) is 42.2 Å². The van der Waals surface area contributed by atoms with Gasteiger partial charge in [0.05, 0.1) is 18.9 Å². The molecule has 1 aromatic heterocycles. The highest BCUT2D eigenvalue weighted by Gasteiger charge is 2.33. The number of hydrogen-bond acceptors (Lipinski definition) is 9. The molecule has 1 aromatic carbocycles. The minimum atomic E-state index is -4.47. The number of anilines is 1. The molecule has 2 aliphatic heterocycles. The fraction of sp³-hybridized carbons (Fsp3) is 0.552. The summed E-state index contributed by atoms with van der Waals surface area (Å²) in [6.45, 7) is 4.44. The molecular weight excluding hydrogens is 591 g/mol. The van der Waals surface area contributed by atoms with E-state index in [1.54, 1.807) is 13.2 Å². The zero-order valence-corrected chi connectivity index (χ0v) is 26.0. The molecule has 3 heterocycles. The van der Waals surface area contributed by atoms with Crippen LogP contribution in [0.2, 0.25) is 0 Å². The van der Waals surface area contributed by atoms with Crippen LogP contribution in [0.5, 0.6) is 0 Å². The molecule has 240 valence electrons. The van der Waals surface area contributed by atoms with Crippen molar-refractivity contribution in [3.8, 4) is 11.4 Å². The number of benzene rings is 1. The van der Waals surface area contributed by atoms with Gasteiger partial charge >= 0.3 is 13.7 Å². The molecule has 2 atom stereocenters. The monoisotopic (exact) mass is 632 g/mol. The number of hydrogen-bond donors (Lipinski definition) is 3. The van der Waals surface area contributed by atoms with Crippen molar-refractivity contribution < 1.29 is 38.2 Å². The van der Waals surface area contributed by atoms with Crippen molar-refractivity contribution in [3.05, 3.63) is 42.1 Å². The van der Waals surface area contributed by atoms with Crippen LogP contribution < -0.4 is 10.2 Å². The summed E-state index contributed by atoms with van der Waals surface area (Å²) < 4.78 is 22.5. The summed E-state index contributed by atoms with van der Waals surface area (Å²) in [5.74, 6) is -0.306. The number of amides is 3. The van der Waals surface area contributed by atoms with Crippen LogP contribution in [0.4, 0.5) is 10.6 Å². The molecule has 2 fully saturated rings. The predicted molar refractivity (Wildman–Crippen MR) is 162 cm³/mol. The zero-order valence-electron chi connectivity index (χ0n) is 25.1. The standard InChI is InChI=1S/C29H41N6O8P/c1-3-4-17-43-29(38)34-15-13-33(14-16-34)28(37)23(11-18-44(39,40)41)31-27(36)24-19-25(35-12-10-22(20-35)42-2)32-26(30-24)21-8-6-5-7-9-21/h5-9,19,22-23H,3-4,10-18,20H2,1-2H3,(H,31,36)(H2,39,40,41)/t22-,23+/m0/s1. The van der Waals surface area contributed by atoms with Crippen LogP contribution in [-0.4, -0.2) is 119 Å². The highest BCUT2D eigenvalue weighted by atomic mass is 31.2. The molecule has 0 spiro atoms. The lowest BCUT2D eigenvalue weighted by Crippen LogP contribution is -2.56. The van der Waals surface area contributed by atoms with E-state index in [4.69, 9.17) is 14.5 Å². The van der Waals surface area contributed by atoms with Gasteiger partial charge in [-0.15, -0.1) is 0 Å². The Labute approximate surface area is 256 Å². The lowest BCUT2D eigenvalue weighted by molar-refractivity contribution is -0.134. The Bertz CT molecular complexity index is 1330.